The molecule has 0 unspecified atom stereocenters. The van der Waals surface area contributed by atoms with Crippen LogP contribution in [0.3, 0.4) is 0 Å². The van der Waals surface area contributed by atoms with E-state index >= 15 is 0 Å². The van der Waals surface area contributed by atoms with Crippen molar-refractivity contribution < 1.29 is 14.3 Å². The highest BCUT2D eigenvalue weighted by Gasteiger charge is 2.35. The second-order valence-electron chi connectivity index (χ2n) is 10.1. The molecular formula is C36H29N3O3S. The minimum atomic E-state index is -0.534. The molecule has 1 aliphatic heterocycles. The highest BCUT2D eigenvalue weighted by atomic mass is 32.1. The minimum absolute atomic E-state index is 0.00394. The molecule has 1 fully saturated rings. The fourth-order valence-electron chi connectivity index (χ4n) is 5.29. The SMILES string of the molecule is CCOc1ccc(-n2c(-c3ccccc3)cc(/C=C3/C(=O)NC(=S)N(c4cccc(C)c4)C3=O)c2-c2ccccc2)cc1. The van der Waals surface area contributed by atoms with Crippen LogP contribution in [-0.2, 0) is 9.59 Å². The highest BCUT2D eigenvalue weighted by Crippen LogP contribution is 2.38. The number of nitrogens with one attached hydrogen (secondary N) is 1. The summed E-state index contributed by atoms with van der Waals surface area (Å²) in [6.45, 7) is 4.47. The maximum absolute atomic E-state index is 13.9. The van der Waals surface area contributed by atoms with Gasteiger partial charge in [0.05, 0.1) is 23.7 Å². The molecule has 0 radical (unpaired) electrons. The van der Waals surface area contributed by atoms with Crippen LogP contribution in [0.4, 0.5) is 5.69 Å². The number of benzene rings is 4. The van der Waals surface area contributed by atoms with Crippen molar-refractivity contribution in [1.29, 1.82) is 0 Å². The van der Waals surface area contributed by atoms with Crippen LogP contribution >= 0.6 is 12.2 Å². The van der Waals surface area contributed by atoms with Crippen molar-refractivity contribution in [2.45, 2.75) is 13.8 Å². The molecule has 7 heteroatoms. The molecule has 1 N–H and O–H groups in total. The Bertz CT molecular complexity index is 1860. The van der Waals surface area contributed by atoms with Gasteiger partial charge in [0.2, 0.25) is 0 Å². The fraction of sp³-hybridized carbons (Fsp3) is 0.0833. The Kier molecular flexibility index (Phi) is 7.73. The molecule has 2 amide bonds. The van der Waals surface area contributed by atoms with E-state index in [1.807, 2.05) is 123 Å². The summed E-state index contributed by atoms with van der Waals surface area (Å²) in [6, 6.07) is 37.4. The molecule has 5 aromatic rings. The van der Waals surface area contributed by atoms with E-state index in [9.17, 15) is 9.59 Å². The van der Waals surface area contributed by atoms with E-state index in [-0.39, 0.29) is 10.7 Å². The molecule has 0 saturated carbocycles. The Balaban J connectivity index is 1.58. The molecule has 1 saturated heterocycles. The van der Waals surface area contributed by atoms with Crippen LogP contribution in [0, 0.1) is 6.92 Å². The largest absolute Gasteiger partial charge is 0.494 e. The first-order valence-corrected chi connectivity index (χ1v) is 14.4. The molecule has 2 heterocycles. The van der Waals surface area contributed by atoms with Gasteiger partial charge in [-0.3, -0.25) is 19.8 Å². The smallest absolute Gasteiger partial charge is 0.270 e. The van der Waals surface area contributed by atoms with E-state index in [0.29, 0.717) is 12.3 Å². The average molecular weight is 584 g/mol. The van der Waals surface area contributed by atoms with Crippen LogP contribution in [0.1, 0.15) is 18.1 Å². The number of anilines is 1. The summed E-state index contributed by atoms with van der Waals surface area (Å²) in [5.74, 6) is -0.235. The maximum atomic E-state index is 13.9. The summed E-state index contributed by atoms with van der Waals surface area (Å²) in [7, 11) is 0. The lowest BCUT2D eigenvalue weighted by atomic mass is 10.0. The van der Waals surface area contributed by atoms with E-state index in [4.69, 9.17) is 17.0 Å². The fourth-order valence-corrected chi connectivity index (χ4v) is 5.57. The lowest BCUT2D eigenvalue weighted by Crippen LogP contribution is -2.54. The van der Waals surface area contributed by atoms with Crippen LogP contribution in [0.5, 0.6) is 5.75 Å². The summed E-state index contributed by atoms with van der Waals surface area (Å²) < 4.78 is 7.86. The van der Waals surface area contributed by atoms with Gasteiger partial charge in [0, 0.05) is 11.3 Å². The molecule has 4 aromatic carbocycles. The molecule has 1 aliphatic rings. The Morgan fingerprint density at radius 3 is 2.12 bits per heavy atom. The summed E-state index contributed by atoms with van der Waals surface area (Å²) >= 11 is 5.44. The molecule has 0 atom stereocenters. The van der Waals surface area contributed by atoms with Crippen LogP contribution in [0.25, 0.3) is 34.3 Å². The lowest BCUT2D eigenvalue weighted by Gasteiger charge is -2.29. The van der Waals surface area contributed by atoms with Crippen LogP contribution < -0.4 is 15.0 Å². The van der Waals surface area contributed by atoms with Crippen molar-refractivity contribution in [3.05, 3.63) is 132 Å². The van der Waals surface area contributed by atoms with E-state index < -0.39 is 11.8 Å². The normalized spacial score (nSPS) is 14.2. The molecule has 6 rings (SSSR count). The number of carbonyl (C=O) groups is 2. The van der Waals surface area contributed by atoms with Gasteiger partial charge in [-0.25, -0.2) is 0 Å². The Hall–Kier alpha value is -5.27. The van der Waals surface area contributed by atoms with Gasteiger partial charge in [-0.2, -0.15) is 0 Å². The number of hydrogen-bond acceptors (Lipinski definition) is 4. The lowest BCUT2D eigenvalue weighted by molar-refractivity contribution is -0.122. The van der Waals surface area contributed by atoms with Crippen molar-refractivity contribution in [3.8, 4) is 34.0 Å². The third-order valence-electron chi connectivity index (χ3n) is 7.21. The third kappa shape index (κ3) is 5.50. The predicted octanol–water partition coefficient (Wildman–Crippen LogP) is 7.35. The van der Waals surface area contributed by atoms with Crippen molar-refractivity contribution >= 4 is 40.9 Å². The second-order valence-corrected chi connectivity index (χ2v) is 10.5. The highest BCUT2D eigenvalue weighted by molar-refractivity contribution is 7.80. The van der Waals surface area contributed by atoms with E-state index in [0.717, 1.165) is 45.1 Å². The van der Waals surface area contributed by atoms with Gasteiger partial charge in [-0.15, -0.1) is 0 Å². The number of hydrogen-bond donors (Lipinski definition) is 1. The first kappa shape index (κ1) is 27.9. The number of aromatic nitrogens is 1. The molecule has 1 aromatic heterocycles. The molecule has 0 bridgehead atoms. The Morgan fingerprint density at radius 1 is 0.791 bits per heavy atom. The van der Waals surface area contributed by atoms with E-state index in [1.54, 1.807) is 12.1 Å². The van der Waals surface area contributed by atoms with Gasteiger partial charge in [-0.05, 0) is 91.3 Å². The van der Waals surface area contributed by atoms with Crippen molar-refractivity contribution in [1.82, 2.24) is 9.88 Å². The number of rotatable bonds is 7. The summed E-state index contributed by atoms with van der Waals surface area (Å²) in [6.07, 6.45) is 1.67. The molecule has 212 valence electrons. The van der Waals surface area contributed by atoms with Gasteiger partial charge in [0.25, 0.3) is 11.8 Å². The molecule has 6 nitrogen and oxygen atoms in total. The van der Waals surface area contributed by atoms with Gasteiger partial charge in [0.1, 0.15) is 11.3 Å². The van der Waals surface area contributed by atoms with E-state index in [2.05, 4.69) is 9.88 Å². The number of nitrogens with zero attached hydrogens (tertiary/aromatic N) is 2. The first-order chi connectivity index (χ1) is 20.9. The quantitative estimate of drug-likeness (QED) is 0.124. The predicted molar refractivity (Wildman–Crippen MR) is 175 cm³/mol. The maximum Gasteiger partial charge on any atom is 0.270 e. The zero-order valence-electron chi connectivity index (χ0n) is 23.8. The van der Waals surface area contributed by atoms with E-state index in [1.165, 1.54) is 4.90 Å². The standard InChI is InChI=1S/C36H29N3O3S/c1-3-42-30-19-17-28(18-20-30)38-32(25-12-6-4-7-13-25)23-27(33(38)26-14-8-5-9-15-26)22-31-34(40)37-36(43)39(35(31)41)29-16-10-11-24(2)21-29/h4-23H,3H2,1-2H3,(H,37,40,43)/b31-22-. The number of ether oxygens (including phenoxy) is 1. The minimum Gasteiger partial charge on any atom is -0.494 e. The zero-order valence-corrected chi connectivity index (χ0v) is 24.6. The number of aryl methyl sites for hydroxylation is 1. The van der Waals surface area contributed by atoms with Crippen molar-refractivity contribution in [2.75, 3.05) is 11.5 Å². The van der Waals surface area contributed by atoms with Crippen LogP contribution in [-0.4, -0.2) is 28.1 Å². The van der Waals surface area contributed by atoms with Gasteiger partial charge < -0.3 is 9.30 Å². The van der Waals surface area contributed by atoms with Gasteiger partial charge in [0.15, 0.2) is 5.11 Å². The second kappa shape index (κ2) is 11.9. The molecule has 0 aliphatic carbocycles. The molecule has 0 spiro atoms. The molecular weight excluding hydrogens is 554 g/mol. The van der Waals surface area contributed by atoms with Crippen LogP contribution in [0.2, 0.25) is 0 Å². The Labute approximate surface area is 255 Å². The summed E-state index contributed by atoms with van der Waals surface area (Å²) in [5, 5.41) is 2.77. The van der Waals surface area contributed by atoms with Crippen molar-refractivity contribution in [3.63, 3.8) is 0 Å². The number of thiocarbonyl (C=S) groups is 1. The third-order valence-corrected chi connectivity index (χ3v) is 7.50. The van der Waals surface area contributed by atoms with Crippen LogP contribution in [0.15, 0.2) is 121 Å². The summed E-state index contributed by atoms with van der Waals surface area (Å²) in [4.78, 5) is 28.6. The first-order valence-electron chi connectivity index (χ1n) is 14.0. The summed E-state index contributed by atoms with van der Waals surface area (Å²) in [5.41, 5.74) is 6.86. The topological polar surface area (TPSA) is 63.6 Å². The van der Waals surface area contributed by atoms with Gasteiger partial charge in [-0.1, -0.05) is 72.8 Å². The number of carbonyl (C=O) groups excluding carboxylic acids is 2. The monoisotopic (exact) mass is 583 g/mol. The van der Waals surface area contributed by atoms with Crippen molar-refractivity contribution in [2.24, 2.45) is 0 Å². The molecule has 43 heavy (non-hydrogen) atoms. The zero-order chi connectivity index (χ0) is 29.9. The van der Waals surface area contributed by atoms with Gasteiger partial charge >= 0.3 is 0 Å². The average Bonchev–Trinajstić information content (AvgIpc) is 3.40. The Morgan fingerprint density at radius 2 is 1.47 bits per heavy atom. The number of amides is 2.